The second kappa shape index (κ2) is 10.3. The number of benzene rings is 2. The van der Waals surface area contributed by atoms with Crippen LogP contribution in [0.5, 0.6) is 5.88 Å². The predicted octanol–water partition coefficient (Wildman–Crippen LogP) is 5.64. The highest BCUT2D eigenvalue weighted by Crippen LogP contribution is 2.49. The van der Waals surface area contributed by atoms with E-state index in [0.717, 1.165) is 33.3 Å². The summed E-state index contributed by atoms with van der Waals surface area (Å²) in [5, 5.41) is 5.87. The number of hydrogen-bond acceptors (Lipinski definition) is 7. The summed E-state index contributed by atoms with van der Waals surface area (Å²) in [5.41, 5.74) is 12.3. The number of H-pyrrole nitrogens is 1. The molecule has 10 heteroatoms. The van der Waals surface area contributed by atoms with E-state index in [0.29, 0.717) is 21.8 Å². The van der Waals surface area contributed by atoms with Gasteiger partial charge in [0.05, 0.1) is 29.5 Å². The zero-order chi connectivity index (χ0) is 28.8. The number of hydrogen-bond donors (Lipinski definition) is 2. The molecule has 0 spiro atoms. The van der Waals surface area contributed by atoms with Gasteiger partial charge in [-0.1, -0.05) is 41.4 Å². The first-order valence-electron chi connectivity index (χ1n) is 13.1. The molecule has 1 aliphatic heterocycles. The molecule has 0 fully saturated rings. The summed E-state index contributed by atoms with van der Waals surface area (Å²) in [7, 11) is 0. The van der Waals surface area contributed by atoms with Crippen molar-refractivity contribution in [3.8, 4) is 17.1 Å². The molecule has 9 nitrogen and oxygen atoms in total. The highest BCUT2D eigenvalue weighted by atomic mass is 35.5. The van der Waals surface area contributed by atoms with Gasteiger partial charge in [0.1, 0.15) is 5.57 Å². The average Bonchev–Trinajstić information content (AvgIpc) is 3.50. The number of aromatic amines is 1. The Morgan fingerprint density at radius 2 is 1.80 bits per heavy atom. The second-order valence-corrected chi connectivity index (χ2v) is 10.2. The van der Waals surface area contributed by atoms with Crippen molar-refractivity contribution in [1.29, 1.82) is 0 Å². The first-order chi connectivity index (χ1) is 19.8. The van der Waals surface area contributed by atoms with Gasteiger partial charge < -0.3 is 20.2 Å². The number of aryl methyl sites for hydroxylation is 2. The smallest absolute Gasteiger partial charge is 0.340 e. The molecule has 3 N–H and O–H groups in total. The van der Waals surface area contributed by atoms with E-state index in [1.54, 1.807) is 32.0 Å². The maximum Gasteiger partial charge on any atom is 0.340 e. The Bertz CT molecular complexity index is 1860. The number of esters is 1. The number of pyridine rings is 1. The van der Waals surface area contributed by atoms with Crippen molar-refractivity contribution in [2.24, 2.45) is 5.73 Å². The van der Waals surface area contributed by atoms with Crippen molar-refractivity contribution in [3.05, 3.63) is 111 Å². The number of nitrogens with two attached hydrogens (primary N) is 1. The maximum atomic E-state index is 13.5. The summed E-state index contributed by atoms with van der Waals surface area (Å²) < 4.78 is 12.7. The van der Waals surface area contributed by atoms with E-state index in [9.17, 15) is 9.59 Å². The van der Waals surface area contributed by atoms with Gasteiger partial charge in [-0.2, -0.15) is 9.78 Å². The lowest BCUT2D eigenvalue weighted by atomic mass is 9.81. The second-order valence-electron chi connectivity index (χ2n) is 9.76. The van der Waals surface area contributed by atoms with Crippen LogP contribution in [0, 0.1) is 13.8 Å². The number of carbonyl (C=O) groups is 2. The van der Waals surface area contributed by atoms with Crippen molar-refractivity contribution in [2.45, 2.75) is 26.7 Å². The number of nitrogens with one attached hydrogen (secondary N) is 1. The summed E-state index contributed by atoms with van der Waals surface area (Å²) in [6.07, 6.45) is 3.05. The Balaban J connectivity index is 1.67. The fourth-order valence-electron chi connectivity index (χ4n) is 5.30. The van der Waals surface area contributed by atoms with E-state index in [1.165, 1.54) is 17.1 Å². The van der Waals surface area contributed by atoms with E-state index < -0.39 is 17.8 Å². The minimum absolute atomic E-state index is 0.118. The molecule has 0 radical (unpaired) electrons. The predicted molar refractivity (Wildman–Crippen MR) is 155 cm³/mol. The van der Waals surface area contributed by atoms with Crippen LogP contribution in [-0.2, 0) is 9.53 Å². The van der Waals surface area contributed by atoms with Crippen LogP contribution in [0.25, 0.3) is 22.2 Å². The number of ether oxygens (including phenoxy) is 2. The molecule has 5 aromatic rings. The van der Waals surface area contributed by atoms with Gasteiger partial charge in [0.2, 0.25) is 11.8 Å². The van der Waals surface area contributed by atoms with Crippen molar-refractivity contribution in [2.75, 3.05) is 6.61 Å². The number of nitrogens with zero attached hydrogens (tertiary/aromatic N) is 3. The monoisotopic (exact) mass is 567 g/mol. The van der Waals surface area contributed by atoms with E-state index in [1.807, 2.05) is 43.3 Å². The molecule has 6 rings (SSSR count). The Kier molecular flexibility index (Phi) is 6.59. The number of halogens is 1. The van der Waals surface area contributed by atoms with Gasteiger partial charge in [-0.25, -0.2) is 4.79 Å². The van der Waals surface area contributed by atoms with Crippen LogP contribution in [0.15, 0.2) is 78.4 Å². The number of rotatable bonds is 5. The summed E-state index contributed by atoms with van der Waals surface area (Å²) in [4.78, 5) is 34.6. The van der Waals surface area contributed by atoms with Crippen LogP contribution in [0.3, 0.4) is 0 Å². The Morgan fingerprint density at radius 3 is 2.51 bits per heavy atom. The average molecular weight is 568 g/mol. The molecule has 2 aromatic carbocycles. The Hall–Kier alpha value is -4.89. The lowest BCUT2D eigenvalue weighted by Gasteiger charge is -2.27. The van der Waals surface area contributed by atoms with Crippen LogP contribution in [0.1, 0.15) is 45.6 Å². The van der Waals surface area contributed by atoms with Gasteiger partial charge in [-0.05, 0) is 62.2 Å². The van der Waals surface area contributed by atoms with Gasteiger partial charge in [-0.15, -0.1) is 0 Å². The third kappa shape index (κ3) is 4.44. The molecule has 206 valence electrons. The molecule has 1 atom stereocenters. The first kappa shape index (κ1) is 26.3. The molecule has 0 bridgehead atoms. The molecule has 4 heterocycles. The van der Waals surface area contributed by atoms with Gasteiger partial charge in [0.15, 0.2) is 0 Å². The topological polar surface area (TPSA) is 125 Å². The van der Waals surface area contributed by atoms with Crippen LogP contribution in [0.4, 0.5) is 0 Å². The van der Waals surface area contributed by atoms with Gasteiger partial charge in [0, 0.05) is 33.9 Å². The lowest BCUT2D eigenvalue weighted by Crippen LogP contribution is -2.29. The SMILES string of the molecule is CCOC(=O)C1=C(N)Oc2c(c(C)nn2C(=O)c2ccncc2)C1c1c(-c2ccc(C)cc2)[nH]c2ccc(Cl)cc12. The number of fused-ring (bicyclic) bond motifs is 2. The Morgan fingerprint density at radius 1 is 1.07 bits per heavy atom. The van der Waals surface area contributed by atoms with Crippen LogP contribution in [-0.4, -0.2) is 38.2 Å². The normalized spacial score (nSPS) is 14.6. The molecule has 3 aromatic heterocycles. The molecule has 41 heavy (non-hydrogen) atoms. The van der Waals surface area contributed by atoms with Crippen LogP contribution < -0.4 is 10.5 Å². The summed E-state index contributed by atoms with van der Waals surface area (Å²) in [6, 6.07) is 16.7. The van der Waals surface area contributed by atoms with Crippen molar-refractivity contribution >= 4 is 34.4 Å². The molecule has 0 aliphatic carbocycles. The third-order valence-electron chi connectivity index (χ3n) is 7.16. The largest absolute Gasteiger partial charge is 0.462 e. The van der Waals surface area contributed by atoms with Crippen molar-refractivity contribution < 1.29 is 19.1 Å². The van der Waals surface area contributed by atoms with E-state index >= 15 is 0 Å². The molecule has 0 amide bonds. The third-order valence-corrected chi connectivity index (χ3v) is 7.39. The van der Waals surface area contributed by atoms with E-state index in [-0.39, 0.29) is 23.9 Å². The minimum atomic E-state index is -0.791. The highest BCUT2D eigenvalue weighted by Gasteiger charge is 2.42. The Labute approximate surface area is 240 Å². The quantitative estimate of drug-likeness (QED) is 0.263. The lowest BCUT2D eigenvalue weighted by molar-refractivity contribution is -0.139. The molecule has 0 saturated heterocycles. The maximum absolute atomic E-state index is 13.5. The molecular weight excluding hydrogens is 542 g/mol. The summed E-state index contributed by atoms with van der Waals surface area (Å²) >= 11 is 6.49. The first-order valence-corrected chi connectivity index (χ1v) is 13.4. The zero-order valence-corrected chi connectivity index (χ0v) is 23.3. The molecule has 1 unspecified atom stereocenters. The molecule has 0 saturated carbocycles. The van der Waals surface area contributed by atoms with E-state index in [2.05, 4.69) is 15.1 Å². The highest BCUT2D eigenvalue weighted by molar-refractivity contribution is 6.31. The van der Waals surface area contributed by atoms with Gasteiger partial charge in [0.25, 0.3) is 5.91 Å². The number of carbonyl (C=O) groups excluding carboxylic acids is 2. The van der Waals surface area contributed by atoms with Crippen LogP contribution >= 0.6 is 11.6 Å². The van der Waals surface area contributed by atoms with Crippen LogP contribution in [0.2, 0.25) is 5.02 Å². The molecular formula is C31H26ClN5O4. The minimum Gasteiger partial charge on any atom is -0.462 e. The molecule has 1 aliphatic rings. The van der Waals surface area contributed by atoms with E-state index in [4.69, 9.17) is 26.8 Å². The fraction of sp³-hybridized carbons (Fsp3) is 0.161. The zero-order valence-electron chi connectivity index (χ0n) is 22.6. The number of aromatic nitrogens is 4. The fourth-order valence-corrected chi connectivity index (χ4v) is 5.47. The van der Waals surface area contributed by atoms with Crippen molar-refractivity contribution in [1.82, 2.24) is 19.7 Å². The van der Waals surface area contributed by atoms with Crippen molar-refractivity contribution in [3.63, 3.8) is 0 Å². The summed E-state index contributed by atoms with van der Waals surface area (Å²) in [5.74, 6) is -1.88. The summed E-state index contributed by atoms with van der Waals surface area (Å²) in [6.45, 7) is 5.64. The van der Waals surface area contributed by atoms with Gasteiger partial charge in [-0.3, -0.25) is 9.78 Å². The van der Waals surface area contributed by atoms with Gasteiger partial charge >= 0.3 is 5.97 Å². The standard InChI is InChI=1S/C31H26ClN5O4/c1-4-40-31(39)26-25(23-17(3)36-37(30(23)41-28(26)33)29(38)19-11-13-34-14-12-19)24-21-15-20(32)9-10-22(21)35-27(24)18-7-5-16(2)6-8-18/h5-15,25,35H,4,33H2,1-3H3.